The normalized spacial score (nSPS) is 11.3. The molecular formula is C14H18N4O2S. The molecular weight excluding hydrogens is 288 g/mol. The summed E-state index contributed by atoms with van der Waals surface area (Å²) in [5.74, 6) is 0. The van der Waals surface area contributed by atoms with Gasteiger partial charge in [0, 0.05) is 11.9 Å². The molecule has 5 N–H and O–H groups in total. The maximum Gasteiger partial charge on any atom is 0.240 e. The molecule has 1 heterocycles. The lowest BCUT2D eigenvalue weighted by Crippen LogP contribution is -2.14. The van der Waals surface area contributed by atoms with Crippen LogP contribution in [-0.2, 0) is 23.0 Å². The van der Waals surface area contributed by atoms with Crippen molar-refractivity contribution in [3.05, 3.63) is 47.8 Å². The molecule has 1 aromatic carbocycles. The molecule has 7 heteroatoms. The zero-order valence-corrected chi connectivity index (χ0v) is 12.5. The number of nitrogens with one attached hydrogen (secondary N) is 1. The molecule has 2 aromatic rings. The summed E-state index contributed by atoms with van der Waals surface area (Å²) in [6, 6.07) is 8.51. The Balaban J connectivity index is 2.16. The van der Waals surface area contributed by atoms with Gasteiger partial charge in [0.05, 0.1) is 17.9 Å². The SMILES string of the molecule is CCc1cccnc1CNc1ccc(S(N)(=O)=O)c(N)c1. The van der Waals surface area contributed by atoms with Crippen LogP contribution in [0.3, 0.4) is 0 Å². The Labute approximate surface area is 124 Å². The summed E-state index contributed by atoms with van der Waals surface area (Å²) in [6.07, 6.45) is 2.64. The van der Waals surface area contributed by atoms with Gasteiger partial charge in [-0.2, -0.15) is 0 Å². The van der Waals surface area contributed by atoms with Crippen LogP contribution in [0, 0.1) is 0 Å². The Kier molecular flexibility index (Phi) is 4.44. The van der Waals surface area contributed by atoms with E-state index in [1.807, 2.05) is 12.1 Å². The van der Waals surface area contributed by atoms with Crippen LogP contribution in [0.25, 0.3) is 0 Å². The van der Waals surface area contributed by atoms with Gasteiger partial charge in [-0.25, -0.2) is 13.6 Å². The molecule has 0 aliphatic carbocycles. The number of nitrogens with two attached hydrogens (primary N) is 2. The maximum absolute atomic E-state index is 11.3. The van der Waals surface area contributed by atoms with Crippen LogP contribution in [0.1, 0.15) is 18.2 Å². The Morgan fingerprint density at radius 3 is 2.67 bits per heavy atom. The van der Waals surface area contributed by atoms with E-state index in [9.17, 15) is 8.42 Å². The molecule has 0 saturated heterocycles. The van der Waals surface area contributed by atoms with Crippen molar-refractivity contribution in [3.63, 3.8) is 0 Å². The first kappa shape index (κ1) is 15.3. The first-order chi connectivity index (χ1) is 9.91. The molecule has 6 nitrogen and oxygen atoms in total. The van der Waals surface area contributed by atoms with Crippen molar-refractivity contribution in [2.24, 2.45) is 5.14 Å². The van der Waals surface area contributed by atoms with Crippen molar-refractivity contribution in [2.75, 3.05) is 11.1 Å². The molecule has 0 fully saturated rings. The first-order valence-electron chi connectivity index (χ1n) is 6.50. The lowest BCUT2D eigenvalue weighted by Gasteiger charge is -2.11. The van der Waals surface area contributed by atoms with Crippen molar-refractivity contribution in [1.82, 2.24) is 4.98 Å². The van der Waals surface area contributed by atoms with Crippen LogP contribution in [-0.4, -0.2) is 13.4 Å². The number of aromatic nitrogens is 1. The highest BCUT2D eigenvalue weighted by Gasteiger charge is 2.12. The van der Waals surface area contributed by atoms with E-state index in [4.69, 9.17) is 10.9 Å². The Morgan fingerprint density at radius 1 is 1.29 bits per heavy atom. The topological polar surface area (TPSA) is 111 Å². The predicted octanol–water partition coefficient (Wildman–Crippen LogP) is 1.49. The number of primary sulfonamides is 1. The van der Waals surface area contributed by atoms with Gasteiger partial charge in [0.15, 0.2) is 0 Å². The Bertz CT molecular complexity index is 744. The third kappa shape index (κ3) is 3.71. The molecule has 0 aliphatic rings. The van der Waals surface area contributed by atoms with Crippen molar-refractivity contribution >= 4 is 21.4 Å². The molecule has 21 heavy (non-hydrogen) atoms. The van der Waals surface area contributed by atoms with E-state index in [0.717, 1.165) is 12.1 Å². The fourth-order valence-electron chi connectivity index (χ4n) is 2.06. The van der Waals surface area contributed by atoms with Gasteiger partial charge in [-0.3, -0.25) is 4.98 Å². The number of sulfonamides is 1. The highest BCUT2D eigenvalue weighted by atomic mass is 32.2. The highest BCUT2D eigenvalue weighted by molar-refractivity contribution is 7.89. The zero-order chi connectivity index (χ0) is 15.5. The van der Waals surface area contributed by atoms with Crippen molar-refractivity contribution in [3.8, 4) is 0 Å². The smallest absolute Gasteiger partial charge is 0.240 e. The van der Waals surface area contributed by atoms with Gasteiger partial charge < -0.3 is 11.1 Å². The quantitative estimate of drug-likeness (QED) is 0.725. The molecule has 0 bridgehead atoms. The fourth-order valence-corrected chi connectivity index (χ4v) is 2.70. The van der Waals surface area contributed by atoms with Gasteiger partial charge in [-0.05, 0) is 36.2 Å². The molecule has 0 atom stereocenters. The zero-order valence-electron chi connectivity index (χ0n) is 11.7. The van der Waals surface area contributed by atoms with E-state index >= 15 is 0 Å². The summed E-state index contributed by atoms with van der Waals surface area (Å²) >= 11 is 0. The number of anilines is 2. The van der Waals surface area contributed by atoms with Crippen LogP contribution in [0.4, 0.5) is 11.4 Å². The molecule has 0 aliphatic heterocycles. The van der Waals surface area contributed by atoms with Crippen molar-refractivity contribution in [2.45, 2.75) is 24.8 Å². The van der Waals surface area contributed by atoms with Crippen LogP contribution in [0.2, 0.25) is 0 Å². The third-order valence-electron chi connectivity index (χ3n) is 3.14. The molecule has 0 spiro atoms. The molecule has 2 rings (SSSR count). The van der Waals surface area contributed by atoms with Gasteiger partial charge >= 0.3 is 0 Å². The monoisotopic (exact) mass is 306 g/mol. The average Bonchev–Trinajstić information content (AvgIpc) is 2.44. The second-order valence-corrected chi connectivity index (χ2v) is 6.14. The molecule has 112 valence electrons. The summed E-state index contributed by atoms with van der Waals surface area (Å²) in [7, 11) is -3.79. The van der Waals surface area contributed by atoms with Crippen molar-refractivity contribution in [1.29, 1.82) is 0 Å². The minimum Gasteiger partial charge on any atom is -0.398 e. The first-order valence-corrected chi connectivity index (χ1v) is 8.05. The standard InChI is InChI=1S/C14H18N4O2S/c1-2-10-4-3-7-17-13(10)9-18-11-5-6-14(12(15)8-11)21(16,19)20/h3-8,18H,2,9,15H2,1H3,(H2,16,19,20). The van der Waals surface area contributed by atoms with E-state index in [0.29, 0.717) is 12.2 Å². The Morgan fingerprint density at radius 2 is 2.05 bits per heavy atom. The lowest BCUT2D eigenvalue weighted by atomic mass is 10.1. The number of hydrogen-bond acceptors (Lipinski definition) is 5. The molecule has 0 unspecified atom stereocenters. The summed E-state index contributed by atoms with van der Waals surface area (Å²) in [4.78, 5) is 4.26. The van der Waals surface area contributed by atoms with Gasteiger partial charge in [0.1, 0.15) is 4.90 Å². The van der Waals surface area contributed by atoms with Crippen molar-refractivity contribution < 1.29 is 8.42 Å². The summed E-state index contributed by atoms with van der Waals surface area (Å²) < 4.78 is 22.6. The van der Waals surface area contributed by atoms with Crippen LogP contribution >= 0.6 is 0 Å². The maximum atomic E-state index is 11.3. The lowest BCUT2D eigenvalue weighted by molar-refractivity contribution is 0.598. The van der Waals surface area contributed by atoms with Crippen LogP contribution in [0.15, 0.2) is 41.4 Å². The number of hydrogen-bond donors (Lipinski definition) is 3. The number of pyridine rings is 1. The van der Waals surface area contributed by atoms with E-state index in [2.05, 4.69) is 17.2 Å². The predicted molar refractivity (Wildman–Crippen MR) is 83.2 cm³/mol. The number of nitrogen functional groups attached to an aromatic ring is 1. The molecule has 0 radical (unpaired) electrons. The highest BCUT2D eigenvalue weighted by Crippen LogP contribution is 2.22. The third-order valence-corrected chi connectivity index (χ3v) is 4.13. The number of nitrogens with zero attached hydrogens (tertiary/aromatic N) is 1. The fraction of sp³-hybridized carbons (Fsp3) is 0.214. The minimum atomic E-state index is -3.79. The molecule has 0 amide bonds. The second-order valence-electron chi connectivity index (χ2n) is 4.61. The molecule has 0 saturated carbocycles. The van der Waals surface area contributed by atoms with Gasteiger partial charge in [-0.15, -0.1) is 0 Å². The second kappa shape index (κ2) is 6.11. The van der Waals surface area contributed by atoms with E-state index < -0.39 is 10.0 Å². The van der Waals surface area contributed by atoms with Crippen LogP contribution < -0.4 is 16.2 Å². The number of rotatable bonds is 5. The van der Waals surface area contributed by atoms with Gasteiger partial charge in [-0.1, -0.05) is 13.0 Å². The van der Waals surface area contributed by atoms with E-state index in [1.165, 1.54) is 11.6 Å². The largest absolute Gasteiger partial charge is 0.398 e. The van der Waals surface area contributed by atoms with Gasteiger partial charge in [0.2, 0.25) is 10.0 Å². The van der Waals surface area contributed by atoms with Gasteiger partial charge in [0.25, 0.3) is 0 Å². The van der Waals surface area contributed by atoms with E-state index in [-0.39, 0.29) is 10.6 Å². The summed E-state index contributed by atoms with van der Waals surface area (Å²) in [6.45, 7) is 2.61. The number of aryl methyl sites for hydroxylation is 1. The molecule has 1 aromatic heterocycles. The average molecular weight is 306 g/mol. The van der Waals surface area contributed by atoms with E-state index in [1.54, 1.807) is 18.3 Å². The minimum absolute atomic E-state index is 0.0693. The Hall–Kier alpha value is -2.12. The van der Waals surface area contributed by atoms with Crippen LogP contribution in [0.5, 0.6) is 0 Å². The summed E-state index contributed by atoms with van der Waals surface area (Å²) in [5, 5.41) is 8.25. The summed E-state index contributed by atoms with van der Waals surface area (Å²) in [5.41, 5.74) is 8.68. The number of benzene rings is 1.